The highest BCUT2D eigenvalue weighted by molar-refractivity contribution is 7.98. The molecule has 3 heteroatoms. The fourth-order valence-electron chi connectivity index (χ4n) is 1.69. The fraction of sp³-hybridized carbons (Fsp3) is 0.571. The molecular formula is C14H22OS2. The normalized spacial score (nSPS) is 11.5. The first kappa shape index (κ1) is 14.8. The van der Waals surface area contributed by atoms with E-state index in [1.165, 1.54) is 4.90 Å². The number of hydrogen-bond acceptors (Lipinski definition) is 3. The lowest BCUT2D eigenvalue weighted by atomic mass is 9.85. The Kier molecular flexibility index (Phi) is 6.28. The second-order valence-corrected chi connectivity index (χ2v) is 5.47. The summed E-state index contributed by atoms with van der Waals surface area (Å²) in [6, 6.07) is 8.21. The molecule has 0 spiro atoms. The third-order valence-corrected chi connectivity index (χ3v) is 4.89. The molecule has 1 nitrogen and oxygen atoms in total. The van der Waals surface area contributed by atoms with Gasteiger partial charge in [-0.05, 0) is 37.0 Å². The van der Waals surface area contributed by atoms with Crippen LogP contribution in [0.3, 0.4) is 0 Å². The van der Waals surface area contributed by atoms with Crippen molar-refractivity contribution in [1.29, 1.82) is 0 Å². The van der Waals surface area contributed by atoms with Crippen LogP contribution in [0.25, 0.3) is 0 Å². The zero-order chi connectivity index (χ0) is 12.7. The number of thioether (sulfide) groups is 1. The van der Waals surface area contributed by atoms with Crippen LogP contribution in [0.5, 0.6) is 5.75 Å². The molecule has 17 heavy (non-hydrogen) atoms. The van der Waals surface area contributed by atoms with Gasteiger partial charge in [0.05, 0.1) is 6.61 Å². The molecule has 0 unspecified atom stereocenters. The molecule has 0 aliphatic heterocycles. The second kappa shape index (κ2) is 7.22. The summed E-state index contributed by atoms with van der Waals surface area (Å²) in [6.07, 6.45) is 4.29. The van der Waals surface area contributed by atoms with Gasteiger partial charge in [-0.2, -0.15) is 12.6 Å². The van der Waals surface area contributed by atoms with Crippen molar-refractivity contribution < 1.29 is 4.74 Å². The van der Waals surface area contributed by atoms with E-state index in [1.807, 2.05) is 18.2 Å². The van der Waals surface area contributed by atoms with Crippen molar-refractivity contribution in [2.24, 2.45) is 5.41 Å². The molecule has 0 radical (unpaired) electrons. The smallest absolute Gasteiger partial charge is 0.132 e. The van der Waals surface area contributed by atoms with E-state index in [-0.39, 0.29) is 5.41 Å². The summed E-state index contributed by atoms with van der Waals surface area (Å²) in [7, 11) is 0. The Balaban J connectivity index is 2.71. The molecule has 0 fully saturated rings. The number of ether oxygens (including phenoxy) is 1. The number of rotatable bonds is 7. The van der Waals surface area contributed by atoms with Crippen molar-refractivity contribution in [3.8, 4) is 5.75 Å². The van der Waals surface area contributed by atoms with Crippen LogP contribution >= 0.6 is 24.4 Å². The van der Waals surface area contributed by atoms with Gasteiger partial charge in [-0.25, -0.2) is 0 Å². The van der Waals surface area contributed by atoms with Crippen LogP contribution in [0.15, 0.2) is 29.2 Å². The minimum absolute atomic E-state index is 0.203. The van der Waals surface area contributed by atoms with Crippen molar-refractivity contribution in [3.05, 3.63) is 24.3 Å². The predicted octanol–water partition coefficient (Wildman–Crippen LogP) is 4.52. The van der Waals surface area contributed by atoms with Gasteiger partial charge in [0.1, 0.15) is 5.75 Å². The SMILES string of the molecule is CCC(CC)(CS)COc1ccccc1SC. The molecule has 0 atom stereocenters. The Morgan fingerprint density at radius 1 is 1.24 bits per heavy atom. The molecule has 0 heterocycles. The van der Waals surface area contributed by atoms with Gasteiger partial charge in [-0.15, -0.1) is 11.8 Å². The van der Waals surface area contributed by atoms with Gasteiger partial charge < -0.3 is 4.74 Å². The molecule has 0 aromatic heterocycles. The maximum atomic E-state index is 6.00. The van der Waals surface area contributed by atoms with Gasteiger partial charge in [0.2, 0.25) is 0 Å². The van der Waals surface area contributed by atoms with Crippen molar-refractivity contribution in [2.45, 2.75) is 31.6 Å². The summed E-state index contributed by atoms with van der Waals surface area (Å²) < 4.78 is 6.00. The van der Waals surface area contributed by atoms with Gasteiger partial charge in [0, 0.05) is 10.3 Å². The first-order valence-electron chi connectivity index (χ1n) is 6.08. The van der Waals surface area contributed by atoms with E-state index in [9.17, 15) is 0 Å². The summed E-state index contributed by atoms with van der Waals surface area (Å²) in [5, 5.41) is 0. The highest BCUT2D eigenvalue weighted by Crippen LogP contribution is 2.32. The Bertz CT molecular complexity index is 326. The van der Waals surface area contributed by atoms with Crippen LogP contribution < -0.4 is 4.74 Å². The minimum atomic E-state index is 0.203. The van der Waals surface area contributed by atoms with Crippen molar-refractivity contribution in [1.82, 2.24) is 0 Å². The molecule has 1 rings (SSSR count). The van der Waals surface area contributed by atoms with Gasteiger partial charge in [-0.1, -0.05) is 26.0 Å². The lowest BCUT2D eigenvalue weighted by molar-refractivity contribution is 0.154. The topological polar surface area (TPSA) is 9.23 Å². The fourth-order valence-corrected chi connectivity index (χ4v) is 2.77. The first-order valence-corrected chi connectivity index (χ1v) is 7.93. The van der Waals surface area contributed by atoms with Gasteiger partial charge in [0.15, 0.2) is 0 Å². The largest absolute Gasteiger partial charge is 0.492 e. The first-order chi connectivity index (χ1) is 8.21. The molecule has 0 bridgehead atoms. The predicted molar refractivity (Wildman–Crippen MR) is 80.6 cm³/mol. The molecule has 0 saturated heterocycles. The highest BCUT2D eigenvalue weighted by atomic mass is 32.2. The monoisotopic (exact) mass is 270 g/mol. The second-order valence-electron chi connectivity index (χ2n) is 4.30. The third-order valence-electron chi connectivity index (χ3n) is 3.44. The van der Waals surface area contributed by atoms with E-state index in [4.69, 9.17) is 4.74 Å². The lowest BCUT2D eigenvalue weighted by Crippen LogP contribution is -2.29. The molecule has 96 valence electrons. The molecule has 0 aliphatic rings. The highest BCUT2D eigenvalue weighted by Gasteiger charge is 2.25. The van der Waals surface area contributed by atoms with Crippen LogP contribution in [0.2, 0.25) is 0 Å². The van der Waals surface area contributed by atoms with E-state index >= 15 is 0 Å². The van der Waals surface area contributed by atoms with E-state index in [2.05, 4.69) is 38.8 Å². The molecule has 1 aromatic rings. The van der Waals surface area contributed by atoms with Crippen LogP contribution in [-0.4, -0.2) is 18.6 Å². The van der Waals surface area contributed by atoms with Crippen LogP contribution in [0.1, 0.15) is 26.7 Å². The summed E-state index contributed by atoms with van der Waals surface area (Å²) in [4.78, 5) is 1.20. The average Bonchev–Trinajstić information content (AvgIpc) is 2.41. The van der Waals surface area contributed by atoms with E-state index in [0.717, 1.165) is 31.0 Å². The molecular weight excluding hydrogens is 248 g/mol. The van der Waals surface area contributed by atoms with Gasteiger partial charge in [0.25, 0.3) is 0 Å². The quantitative estimate of drug-likeness (QED) is 0.576. The van der Waals surface area contributed by atoms with Crippen LogP contribution in [0.4, 0.5) is 0 Å². The molecule has 0 aliphatic carbocycles. The standard InChI is InChI=1S/C14H22OS2/c1-4-14(5-2,11-16)10-15-12-8-6-7-9-13(12)17-3/h6-9,16H,4-5,10-11H2,1-3H3. The van der Waals surface area contributed by atoms with E-state index in [1.54, 1.807) is 11.8 Å². The number of thiol groups is 1. The number of benzene rings is 1. The Hall–Kier alpha value is -0.280. The maximum Gasteiger partial charge on any atom is 0.132 e. The van der Waals surface area contributed by atoms with Gasteiger partial charge in [-0.3, -0.25) is 0 Å². The van der Waals surface area contributed by atoms with Gasteiger partial charge >= 0.3 is 0 Å². The summed E-state index contributed by atoms with van der Waals surface area (Å²) in [5.74, 6) is 1.87. The van der Waals surface area contributed by atoms with Crippen molar-refractivity contribution in [3.63, 3.8) is 0 Å². The Morgan fingerprint density at radius 3 is 2.41 bits per heavy atom. The van der Waals surface area contributed by atoms with E-state index < -0.39 is 0 Å². The summed E-state index contributed by atoms with van der Waals surface area (Å²) in [6.45, 7) is 5.17. The maximum absolute atomic E-state index is 6.00. The number of para-hydroxylation sites is 1. The van der Waals surface area contributed by atoms with Crippen molar-refractivity contribution in [2.75, 3.05) is 18.6 Å². The van der Waals surface area contributed by atoms with Crippen molar-refractivity contribution >= 4 is 24.4 Å². The Labute approximate surface area is 115 Å². The number of hydrogen-bond donors (Lipinski definition) is 1. The van der Waals surface area contributed by atoms with Crippen LogP contribution in [0, 0.1) is 5.41 Å². The minimum Gasteiger partial charge on any atom is -0.492 e. The third kappa shape index (κ3) is 3.85. The summed E-state index contributed by atoms with van der Waals surface area (Å²) in [5.41, 5.74) is 0.203. The molecule has 0 amide bonds. The Morgan fingerprint density at radius 2 is 1.88 bits per heavy atom. The van der Waals surface area contributed by atoms with Crippen LogP contribution in [-0.2, 0) is 0 Å². The van der Waals surface area contributed by atoms with E-state index in [0.29, 0.717) is 0 Å². The zero-order valence-corrected chi connectivity index (χ0v) is 12.6. The zero-order valence-electron chi connectivity index (χ0n) is 10.9. The molecule has 0 N–H and O–H groups in total. The summed E-state index contributed by atoms with van der Waals surface area (Å²) >= 11 is 6.20. The lowest BCUT2D eigenvalue weighted by Gasteiger charge is -2.29. The molecule has 0 saturated carbocycles. The molecule has 1 aromatic carbocycles. The average molecular weight is 270 g/mol.